The summed E-state index contributed by atoms with van der Waals surface area (Å²) < 4.78 is 10.1. The number of nitro benzene ring substituents is 1. The Labute approximate surface area is 121 Å². The SMILES string of the molecule is COC(=O)c1cccc([N+](=O)[O-])c1OCc1ccccc1. The molecule has 0 radical (unpaired) electrons. The van der Waals surface area contributed by atoms with Crippen LogP contribution in [0.2, 0.25) is 0 Å². The van der Waals surface area contributed by atoms with E-state index in [2.05, 4.69) is 4.74 Å². The third kappa shape index (κ3) is 3.36. The van der Waals surface area contributed by atoms with Gasteiger partial charge in [0.15, 0.2) is 0 Å². The fourth-order valence-corrected chi connectivity index (χ4v) is 1.82. The molecule has 0 aliphatic heterocycles. The molecule has 0 aromatic heterocycles. The molecule has 21 heavy (non-hydrogen) atoms. The molecule has 0 saturated heterocycles. The van der Waals surface area contributed by atoms with E-state index in [0.29, 0.717) is 0 Å². The van der Waals surface area contributed by atoms with Gasteiger partial charge in [-0.1, -0.05) is 36.4 Å². The molecular weight excluding hydrogens is 274 g/mol. The molecule has 0 N–H and O–H groups in total. The first-order valence-electron chi connectivity index (χ1n) is 6.16. The maximum absolute atomic E-state index is 11.7. The predicted octanol–water partition coefficient (Wildman–Crippen LogP) is 2.96. The van der Waals surface area contributed by atoms with Crippen LogP contribution in [0.15, 0.2) is 48.5 Å². The third-order valence-electron chi connectivity index (χ3n) is 2.82. The molecule has 0 spiro atoms. The zero-order chi connectivity index (χ0) is 15.2. The summed E-state index contributed by atoms with van der Waals surface area (Å²) in [5.41, 5.74) is 0.600. The fourth-order valence-electron chi connectivity index (χ4n) is 1.82. The number of para-hydroxylation sites is 1. The molecule has 0 bridgehead atoms. The smallest absolute Gasteiger partial charge is 0.341 e. The monoisotopic (exact) mass is 287 g/mol. The molecule has 0 fully saturated rings. The number of esters is 1. The number of hydrogen-bond acceptors (Lipinski definition) is 5. The Balaban J connectivity index is 2.35. The van der Waals surface area contributed by atoms with Crippen LogP contribution >= 0.6 is 0 Å². The Morgan fingerprint density at radius 2 is 1.86 bits per heavy atom. The number of ether oxygens (including phenoxy) is 2. The van der Waals surface area contributed by atoms with E-state index in [1.807, 2.05) is 30.3 Å². The maximum Gasteiger partial charge on any atom is 0.341 e. The van der Waals surface area contributed by atoms with Crippen molar-refractivity contribution in [1.82, 2.24) is 0 Å². The molecule has 2 aromatic rings. The molecule has 0 unspecified atom stereocenters. The van der Waals surface area contributed by atoms with Crippen LogP contribution in [-0.2, 0) is 11.3 Å². The molecule has 0 amide bonds. The van der Waals surface area contributed by atoms with Crippen LogP contribution in [0.5, 0.6) is 5.75 Å². The van der Waals surface area contributed by atoms with Crippen molar-refractivity contribution in [3.8, 4) is 5.75 Å². The number of carbonyl (C=O) groups excluding carboxylic acids is 1. The van der Waals surface area contributed by atoms with Crippen LogP contribution < -0.4 is 4.74 Å². The van der Waals surface area contributed by atoms with Crippen LogP contribution in [0.1, 0.15) is 15.9 Å². The van der Waals surface area contributed by atoms with Crippen molar-refractivity contribution in [3.63, 3.8) is 0 Å². The molecule has 0 aliphatic rings. The summed E-state index contributed by atoms with van der Waals surface area (Å²) in [5, 5.41) is 11.1. The fraction of sp³-hybridized carbons (Fsp3) is 0.133. The summed E-state index contributed by atoms with van der Waals surface area (Å²) in [4.78, 5) is 22.2. The highest BCUT2D eigenvalue weighted by atomic mass is 16.6. The summed E-state index contributed by atoms with van der Waals surface area (Å²) in [5.74, 6) is -0.764. The van der Waals surface area contributed by atoms with Gasteiger partial charge < -0.3 is 9.47 Å². The second-order valence-corrected chi connectivity index (χ2v) is 4.18. The molecular formula is C15H13NO5. The third-order valence-corrected chi connectivity index (χ3v) is 2.82. The number of nitro groups is 1. The summed E-state index contributed by atoms with van der Waals surface area (Å²) >= 11 is 0. The summed E-state index contributed by atoms with van der Waals surface area (Å²) in [6.45, 7) is 0.121. The highest BCUT2D eigenvalue weighted by Gasteiger charge is 2.23. The van der Waals surface area contributed by atoms with Crippen molar-refractivity contribution in [2.75, 3.05) is 7.11 Å². The van der Waals surface area contributed by atoms with E-state index >= 15 is 0 Å². The van der Waals surface area contributed by atoms with Gasteiger partial charge in [0.1, 0.15) is 12.2 Å². The van der Waals surface area contributed by atoms with Gasteiger partial charge in [0, 0.05) is 6.07 Å². The van der Waals surface area contributed by atoms with Gasteiger partial charge >= 0.3 is 11.7 Å². The number of rotatable bonds is 5. The minimum Gasteiger partial charge on any atom is -0.481 e. The first-order chi connectivity index (χ1) is 10.1. The highest BCUT2D eigenvalue weighted by Crippen LogP contribution is 2.32. The lowest BCUT2D eigenvalue weighted by Crippen LogP contribution is -2.08. The highest BCUT2D eigenvalue weighted by molar-refractivity contribution is 5.94. The predicted molar refractivity (Wildman–Crippen MR) is 75.2 cm³/mol. The van der Waals surface area contributed by atoms with Gasteiger partial charge in [0.2, 0.25) is 5.75 Å². The Bertz CT molecular complexity index is 654. The second kappa shape index (κ2) is 6.51. The van der Waals surface area contributed by atoms with E-state index in [0.717, 1.165) is 5.56 Å². The van der Waals surface area contributed by atoms with Gasteiger partial charge in [0.05, 0.1) is 12.0 Å². The molecule has 108 valence electrons. The van der Waals surface area contributed by atoms with Crippen molar-refractivity contribution < 1.29 is 19.2 Å². The molecule has 6 nitrogen and oxygen atoms in total. The number of methoxy groups -OCH3 is 1. The topological polar surface area (TPSA) is 78.7 Å². The standard InChI is InChI=1S/C15H13NO5/c1-20-15(17)12-8-5-9-13(16(18)19)14(12)21-10-11-6-3-2-4-7-11/h2-9H,10H2,1H3. The first kappa shape index (κ1) is 14.5. The van der Waals surface area contributed by atoms with Crippen molar-refractivity contribution in [1.29, 1.82) is 0 Å². The minimum atomic E-state index is -0.679. The van der Waals surface area contributed by atoms with Gasteiger partial charge in [-0.25, -0.2) is 4.79 Å². The second-order valence-electron chi connectivity index (χ2n) is 4.18. The van der Waals surface area contributed by atoms with Gasteiger partial charge in [0.25, 0.3) is 0 Å². The molecule has 2 aromatic carbocycles. The Morgan fingerprint density at radius 1 is 1.14 bits per heavy atom. The molecule has 0 saturated carbocycles. The molecule has 0 heterocycles. The van der Waals surface area contributed by atoms with Gasteiger partial charge in [-0.2, -0.15) is 0 Å². The van der Waals surface area contributed by atoms with Crippen molar-refractivity contribution in [3.05, 3.63) is 69.8 Å². The van der Waals surface area contributed by atoms with Crippen LogP contribution in [0.25, 0.3) is 0 Å². The molecule has 0 aliphatic carbocycles. The summed E-state index contributed by atoms with van der Waals surface area (Å²) in [6.07, 6.45) is 0. The average molecular weight is 287 g/mol. The molecule has 0 atom stereocenters. The van der Waals surface area contributed by atoms with Gasteiger partial charge in [-0.05, 0) is 11.6 Å². The zero-order valence-electron chi connectivity index (χ0n) is 11.3. The Kier molecular flexibility index (Phi) is 4.50. The number of nitrogens with zero attached hydrogens (tertiary/aromatic N) is 1. The zero-order valence-corrected chi connectivity index (χ0v) is 11.3. The van der Waals surface area contributed by atoms with Crippen molar-refractivity contribution in [2.45, 2.75) is 6.61 Å². The van der Waals surface area contributed by atoms with Crippen LogP contribution in [-0.4, -0.2) is 18.0 Å². The van der Waals surface area contributed by atoms with Crippen LogP contribution in [0.4, 0.5) is 5.69 Å². The number of carbonyl (C=O) groups is 1. The van der Waals surface area contributed by atoms with Crippen molar-refractivity contribution in [2.24, 2.45) is 0 Å². The summed E-state index contributed by atoms with van der Waals surface area (Å²) in [7, 11) is 1.21. The van der Waals surface area contributed by atoms with E-state index in [1.165, 1.54) is 25.3 Å². The number of hydrogen-bond donors (Lipinski definition) is 0. The van der Waals surface area contributed by atoms with E-state index < -0.39 is 10.9 Å². The van der Waals surface area contributed by atoms with E-state index in [4.69, 9.17) is 4.74 Å². The first-order valence-corrected chi connectivity index (χ1v) is 6.16. The maximum atomic E-state index is 11.7. The number of benzene rings is 2. The van der Waals surface area contributed by atoms with E-state index in [9.17, 15) is 14.9 Å². The van der Waals surface area contributed by atoms with Gasteiger partial charge in [-0.3, -0.25) is 10.1 Å². The summed E-state index contributed by atoms with van der Waals surface area (Å²) in [6, 6.07) is 13.3. The largest absolute Gasteiger partial charge is 0.481 e. The minimum absolute atomic E-state index is 0.0302. The van der Waals surface area contributed by atoms with Crippen molar-refractivity contribution >= 4 is 11.7 Å². The lowest BCUT2D eigenvalue weighted by Gasteiger charge is -2.10. The Morgan fingerprint density at radius 3 is 2.48 bits per heavy atom. The molecule has 2 rings (SSSR count). The Hall–Kier alpha value is -2.89. The van der Waals surface area contributed by atoms with E-state index in [1.54, 1.807) is 0 Å². The van der Waals surface area contributed by atoms with Crippen LogP contribution in [0, 0.1) is 10.1 Å². The molecule has 6 heteroatoms. The normalized spacial score (nSPS) is 9.95. The lowest BCUT2D eigenvalue weighted by atomic mass is 10.1. The lowest BCUT2D eigenvalue weighted by molar-refractivity contribution is -0.386. The van der Waals surface area contributed by atoms with Gasteiger partial charge in [-0.15, -0.1) is 0 Å². The average Bonchev–Trinajstić information content (AvgIpc) is 2.52. The van der Waals surface area contributed by atoms with Crippen LogP contribution in [0.3, 0.4) is 0 Å². The quantitative estimate of drug-likeness (QED) is 0.480. The van der Waals surface area contributed by atoms with E-state index in [-0.39, 0.29) is 23.6 Å².